The number of epoxide rings is 1. The van der Waals surface area contributed by atoms with E-state index in [4.69, 9.17) is 9.47 Å². The van der Waals surface area contributed by atoms with Crippen molar-refractivity contribution in [2.24, 2.45) is 0 Å². The maximum atomic E-state index is 5.69. The monoisotopic (exact) mass is 400 g/mol. The molecule has 2 nitrogen and oxygen atoms in total. The number of allylic oxidation sites excluding steroid dienone is 2. The molecule has 0 aliphatic carbocycles. The summed E-state index contributed by atoms with van der Waals surface area (Å²) >= 11 is 0. The Balaban J connectivity index is 1.30. The highest BCUT2D eigenvalue weighted by atomic mass is 16.6. The predicted molar refractivity (Wildman–Crippen MR) is 125 cm³/mol. The maximum Gasteiger partial charge on any atom is 0.119 e. The van der Waals surface area contributed by atoms with Crippen LogP contribution < -0.4 is 4.74 Å². The SMILES string of the molecule is CC/C=C/CCCCCCCCCCCCCCc1ccc(OCC2CO2)cc1. The Kier molecular flexibility index (Phi) is 13.7. The third-order valence-electron chi connectivity index (χ3n) is 5.75. The lowest BCUT2D eigenvalue weighted by Gasteiger charge is -2.06. The van der Waals surface area contributed by atoms with Gasteiger partial charge >= 0.3 is 0 Å². The number of unbranched alkanes of at least 4 members (excludes halogenated alkanes) is 12. The summed E-state index contributed by atoms with van der Waals surface area (Å²) in [6.07, 6.45) is 25.5. The highest BCUT2D eigenvalue weighted by Crippen LogP contribution is 2.18. The van der Waals surface area contributed by atoms with E-state index >= 15 is 0 Å². The highest BCUT2D eigenvalue weighted by Gasteiger charge is 2.22. The molecule has 1 saturated heterocycles. The second kappa shape index (κ2) is 16.5. The van der Waals surface area contributed by atoms with Crippen LogP contribution in [0.4, 0.5) is 0 Å². The van der Waals surface area contributed by atoms with Crippen LogP contribution in [0.1, 0.15) is 102 Å². The van der Waals surface area contributed by atoms with Crippen LogP contribution in [0.25, 0.3) is 0 Å². The fourth-order valence-corrected chi connectivity index (χ4v) is 3.75. The molecular weight excluding hydrogens is 356 g/mol. The minimum absolute atomic E-state index is 0.331. The standard InChI is InChI=1S/C27H44O2/c1-2-3-4-5-6-7-8-9-10-11-12-13-14-15-16-17-18-25-19-21-26(22-20-25)28-23-27-24-29-27/h3-4,19-22,27H,2,5-18,23-24H2,1H3/b4-3+. The molecule has 1 aromatic rings. The number of aryl methyl sites for hydroxylation is 1. The van der Waals surface area contributed by atoms with Gasteiger partial charge in [-0.15, -0.1) is 0 Å². The van der Waals surface area contributed by atoms with E-state index in [0.29, 0.717) is 12.7 Å². The van der Waals surface area contributed by atoms with Gasteiger partial charge in [-0.05, 0) is 49.8 Å². The lowest BCUT2D eigenvalue weighted by molar-refractivity contribution is 0.263. The van der Waals surface area contributed by atoms with Gasteiger partial charge in [0.25, 0.3) is 0 Å². The van der Waals surface area contributed by atoms with E-state index in [1.807, 2.05) is 0 Å². The molecular formula is C27H44O2. The number of hydrogen-bond donors (Lipinski definition) is 0. The van der Waals surface area contributed by atoms with Crippen molar-refractivity contribution in [3.8, 4) is 5.75 Å². The molecule has 1 unspecified atom stereocenters. The third kappa shape index (κ3) is 13.5. The number of hydrogen-bond acceptors (Lipinski definition) is 2. The minimum atomic E-state index is 0.331. The van der Waals surface area contributed by atoms with Gasteiger partial charge < -0.3 is 9.47 Å². The van der Waals surface area contributed by atoms with Crippen LogP contribution in [0.5, 0.6) is 5.75 Å². The zero-order chi connectivity index (χ0) is 20.4. The largest absolute Gasteiger partial charge is 0.491 e. The minimum Gasteiger partial charge on any atom is -0.491 e. The molecule has 1 atom stereocenters. The van der Waals surface area contributed by atoms with E-state index in [1.165, 1.54) is 102 Å². The molecule has 29 heavy (non-hydrogen) atoms. The van der Waals surface area contributed by atoms with Crippen LogP contribution in [0.3, 0.4) is 0 Å². The topological polar surface area (TPSA) is 21.8 Å². The normalized spacial score (nSPS) is 15.8. The van der Waals surface area contributed by atoms with Crippen LogP contribution in [0.2, 0.25) is 0 Å². The van der Waals surface area contributed by atoms with E-state index in [-0.39, 0.29) is 0 Å². The molecule has 2 heteroatoms. The van der Waals surface area contributed by atoms with Crippen LogP contribution in [0.15, 0.2) is 36.4 Å². The van der Waals surface area contributed by atoms with Crippen molar-refractivity contribution in [2.75, 3.05) is 13.2 Å². The molecule has 1 aliphatic heterocycles. The van der Waals surface area contributed by atoms with Crippen molar-refractivity contribution in [1.29, 1.82) is 0 Å². The number of benzene rings is 1. The molecule has 0 N–H and O–H groups in total. The summed E-state index contributed by atoms with van der Waals surface area (Å²) in [5.41, 5.74) is 1.43. The first-order chi connectivity index (χ1) is 14.4. The van der Waals surface area contributed by atoms with Crippen molar-refractivity contribution in [3.63, 3.8) is 0 Å². The van der Waals surface area contributed by atoms with Crippen molar-refractivity contribution < 1.29 is 9.47 Å². The van der Waals surface area contributed by atoms with E-state index in [0.717, 1.165) is 12.4 Å². The quantitative estimate of drug-likeness (QED) is 0.133. The van der Waals surface area contributed by atoms with Crippen LogP contribution in [-0.2, 0) is 11.2 Å². The van der Waals surface area contributed by atoms with E-state index in [9.17, 15) is 0 Å². The summed E-state index contributed by atoms with van der Waals surface area (Å²) in [4.78, 5) is 0. The van der Waals surface area contributed by atoms with E-state index in [2.05, 4.69) is 43.3 Å². The summed E-state index contributed by atoms with van der Waals surface area (Å²) < 4.78 is 10.9. The van der Waals surface area contributed by atoms with Gasteiger partial charge in [-0.3, -0.25) is 0 Å². The molecule has 0 radical (unpaired) electrons. The van der Waals surface area contributed by atoms with Gasteiger partial charge in [0, 0.05) is 0 Å². The smallest absolute Gasteiger partial charge is 0.119 e. The molecule has 0 amide bonds. The van der Waals surface area contributed by atoms with E-state index in [1.54, 1.807) is 0 Å². The molecule has 0 aromatic heterocycles. The molecule has 1 aliphatic rings. The summed E-state index contributed by atoms with van der Waals surface area (Å²) in [6.45, 7) is 3.76. The Morgan fingerprint density at radius 3 is 1.90 bits per heavy atom. The summed E-state index contributed by atoms with van der Waals surface area (Å²) in [7, 11) is 0. The average Bonchev–Trinajstić information content (AvgIpc) is 3.57. The molecule has 1 aromatic carbocycles. The Labute approximate surface area is 180 Å². The number of ether oxygens (including phenoxy) is 2. The van der Waals surface area contributed by atoms with Gasteiger partial charge in [-0.25, -0.2) is 0 Å². The molecule has 0 saturated carbocycles. The zero-order valence-electron chi connectivity index (χ0n) is 18.9. The molecule has 1 heterocycles. The second-order valence-corrected chi connectivity index (χ2v) is 8.57. The van der Waals surface area contributed by atoms with Gasteiger partial charge in [0.15, 0.2) is 0 Å². The third-order valence-corrected chi connectivity index (χ3v) is 5.75. The van der Waals surface area contributed by atoms with Crippen LogP contribution in [0, 0.1) is 0 Å². The Hall–Kier alpha value is -1.28. The molecule has 164 valence electrons. The first-order valence-electron chi connectivity index (χ1n) is 12.4. The first-order valence-corrected chi connectivity index (χ1v) is 12.4. The molecule has 2 rings (SSSR count). The molecule has 1 fully saturated rings. The molecule has 0 spiro atoms. The van der Waals surface area contributed by atoms with Crippen molar-refractivity contribution in [1.82, 2.24) is 0 Å². The molecule has 0 bridgehead atoms. The average molecular weight is 401 g/mol. The first kappa shape index (κ1) is 24.0. The summed E-state index contributed by atoms with van der Waals surface area (Å²) in [5, 5.41) is 0. The predicted octanol–water partition coefficient (Wildman–Crippen LogP) is 8.04. The number of rotatable bonds is 19. The van der Waals surface area contributed by atoms with Gasteiger partial charge in [0.2, 0.25) is 0 Å². The van der Waals surface area contributed by atoms with Crippen molar-refractivity contribution in [2.45, 2.75) is 109 Å². The van der Waals surface area contributed by atoms with Gasteiger partial charge in [-0.1, -0.05) is 95.4 Å². The fourth-order valence-electron chi connectivity index (χ4n) is 3.75. The van der Waals surface area contributed by atoms with E-state index < -0.39 is 0 Å². The highest BCUT2D eigenvalue weighted by molar-refractivity contribution is 5.27. The van der Waals surface area contributed by atoms with Crippen LogP contribution in [-0.4, -0.2) is 19.3 Å². The van der Waals surface area contributed by atoms with Gasteiger partial charge in [0.1, 0.15) is 18.5 Å². The fraction of sp³-hybridized carbons (Fsp3) is 0.704. The van der Waals surface area contributed by atoms with Gasteiger partial charge in [-0.2, -0.15) is 0 Å². The van der Waals surface area contributed by atoms with Crippen LogP contribution >= 0.6 is 0 Å². The zero-order valence-corrected chi connectivity index (χ0v) is 18.9. The van der Waals surface area contributed by atoms with Crippen molar-refractivity contribution >= 4 is 0 Å². The Bertz CT molecular complexity index is 516. The Morgan fingerprint density at radius 2 is 1.34 bits per heavy atom. The second-order valence-electron chi connectivity index (χ2n) is 8.57. The maximum absolute atomic E-state index is 5.69. The van der Waals surface area contributed by atoms with Gasteiger partial charge in [0.05, 0.1) is 6.61 Å². The van der Waals surface area contributed by atoms with Crippen molar-refractivity contribution in [3.05, 3.63) is 42.0 Å². The Morgan fingerprint density at radius 1 is 0.793 bits per heavy atom. The summed E-state index contributed by atoms with van der Waals surface area (Å²) in [5.74, 6) is 0.966. The summed E-state index contributed by atoms with van der Waals surface area (Å²) in [6, 6.07) is 8.62. The lowest BCUT2D eigenvalue weighted by Crippen LogP contribution is -2.03. The lowest BCUT2D eigenvalue weighted by atomic mass is 10.0.